The first-order valence-corrected chi connectivity index (χ1v) is 13.1. The van der Waals surface area contributed by atoms with Crippen molar-refractivity contribution < 1.29 is 9.59 Å². The molecule has 1 fully saturated rings. The number of hydrogen-bond donors (Lipinski definition) is 4. The summed E-state index contributed by atoms with van der Waals surface area (Å²) in [4.78, 5) is 40.5. The molecule has 0 spiro atoms. The number of carbonyl (C=O) groups is 2. The van der Waals surface area contributed by atoms with Crippen molar-refractivity contribution in [2.45, 2.75) is 25.7 Å². The molecule has 0 aliphatic carbocycles. The van der Waals surface area contributed by atoms with Crippen molar-refractivity contribution in [3.05, 3.63) is 77.0 Å². The zero-order chi connectivity index (χ0) is 26.8. The minimum atomic E-state index is -0.113. The van der Waals surface area contributed by atoms with Crippen molar-refractivity contribution >= 4 is 52.2 Å². The molecule has 6 rings (SSSR count). The highest BCUT2D eigenvalue weighted by Crippen LogP contribution is 2.30. The number of benzene rings is 1. The maximum Gasteiger partial charge on any atom is 0.274 e. The van der Waals surface area contributed by atoms with Gasteiger partial charge >= 0.3 is 0 Å². The fourth-order valence-electron chi connectivity index (χ4n) is 4.94. The molecule has 2 aliphatic heterocycles. The second-order valence-electron chi connectivity index (χ2n) is 9.71. The second kappa shape index (κ2) is 10.7. The Kier molecular flexibility index (Phi) is 6.80. The van der Waals surface area contributed by atoms with Gasteiger partial charge in [-0.1, -0.05) is 11.6 Å². The third-order valence-corrected chi connectivity index (χ3v) is 7.16. The molecule has 3 aromatic heterocycles. The number of rotatable bonds is 4. The summed E-state index contributed by atoms with van der Waals surface area (Å²) in [5, 5.41) is 16.6. The Balaban J connectivity index is 1.19. The Morgan fingerprint density at radius 2 is 2.00 bits per heavy atom. The Morgan fingerprint density at radius 1 is 1.08 bits per heavy atom. The van der Waals surface area contributed by atoms with E-state index in [-0.39, 0.29) is 17.7 Å². The summed E-state index contributed by atoms with van der Waals surface area (Å²) in [6.45, 7) is 1.15. The average Bonchev–Trinajstić information content (AvgIpc) is 3.63. The predicted molar refractivity (Wildman–Crippen MR) is 148 cm³/mol. The first-order chi connectivity index (χ1) is 19.0. The van der Waals surface area contributed by atoms with Gasteiger partial charge in [0.15, 0.2) is 5.82 Å². The lowest BCUT2D eigenvalue weighted by molar-refractivity contribution is -0.117. The fraction of sp³-hybridized carbons (Fsp3) is 0.259. The number of nitrogens with one attached hydrogen (secondary N) is 4. The SMILES string of the molecule is O=C(C[C@@H]1CCN(C(=O)c2cc[nH]n2)C1)Nc1ccc2cc1CCc1cncc(c1)Nc1ncc(Cl)c(n1)N2. The summed E-state index contributed by atoms with van der Waals surface area (Å²) in [5.41, 5.74) is 4.72. The topological polar surface area (TPSA) is 141 Å². The molecule has 0 radical (unpaired) electrons. The lowest BCUT2D eigenvalue weighted by atomic mass is 10.0. The normalized spacial score (nSPS) is 16.2. The number of halogens is 1. The molecule has 1 saturated heterocycles. The highest BCUT2D eigenvalue weighted by atomic mass is 35.5. The van der Waals surface area contributed by atoms with Gasteiger partial charge in [-0.25, -0.2) is 4.98 Å². The molecule has 0 saturated carbocycles. The molecule has 198 valence electrons. The van der Waals surface area contributed by atoms with Gasteiger partial charge in [0, 0.05) is 43.3 Å². The van der Waals surface area contributed by atoms with E-state index in [1.165, 1.54) is 6.20 Å². The van der Waals surface area contributed by atoms with Crippen LogP contribution >= 0.6 is 11.6 Å². The molecule has 0 unspecified atom stereocenters. The van der Waals surface area contributed by atoms with E-state index in [4.69, 9.17) is 11.6 Å². The Hall–Kier alpha value is -4.51. The molecule has 2 aliphatic rings. The monoisotopic (exact) mass is 543 g/mol. The molecule has 11 nitrogen and oxygen atoms in total. The maximum absolute atomic E-state index is 13.1. The summed E-state index contributed by atoms with van der Waals surface area (Å²) >= 11 is 6.36. The highest BCUT2D eigenvalue weighted by Gasteiger charge is 2.29. The summed E-state index contributed by atoms with van der Waals surface area (Å²) in [6, 6.07) is 9.43. The predicted octanol–water partition coefficient (Wildman–Crippen LogP) is 4.32. The highest BCUT2D eigenvalue weighted by molar-refractivity contribution is 6.32. The van der Waals surface area contributed by atoms with E-state index in [0.717, 1.165) is 41.0 Å². The van der Waals surface area contributed by atoms with Crippen molar-refractivity contribution in [2.75, 3.05) is 29.0 Å². The Bertz CT molecular complexity index is 1530. The van der Waals surface area contributed by atoms with Gasteiger partial charge in [-0.3, -0.25) is 19.7 Å². The van der Waals surface area contributed by atoms with E-state index < -0.39 is 0 Å². The number of likely N-dealkylation sites (tertiary alicyclic amines) is 1. The van der Waals surface area contributed by atoms with E-state index >= 15 is 0 Å². The number of aryl methyl sites for hydroxylation is 2. The molecule has 5 heterocycles. The van der Waals surface area contributed by atoms with Crippen LogP contribution < -0.4 is 16.0 Å². The van der Waals surface area contributed by atoms with Crippen LogP contribution in [0.3, 0.4) is 0 Å². The number of aromatic amines is 1. The quantitative estimate of drug-likeness (QED) is 0.298. The smallest absolute Gasteiger partial charge is 0.274 e. The van der Waals surface area contributed by atoms with Crippen LogP contribution in [0.15, 0.2) is 55.1 Å². The lowest BCUT2D eigenvalue weighted by Gasteiger charge is -2.17. The summed E-state index contributed by atoms with van der Waals surface area (Å²) in [7, 11) is 0. The molecule has 2 amide bonds. The summed E-state index contributed by atoms with van der Waals surface area (Å²) < 4.78 is 0. The van der Waals surface area contributed by atoms with Crippen molar-refractivity contribution in [1.82, 2.24) is 30.0 Å². The van der Waals surface area contributed by atoms with Crippen LogP contribution in [0.2, 0.25) is 5.02 Å². The third kappa shape index (κ3) is 5.68. The van der Waals surface area contributed by atoms with E-state index in [2.05, 4.69) is 41.1 Å². The number of carbonyl (C=O) groups excluding carboxylic acids is 2. The van der Waals surface area contributed by atoms with Crippen LogP contribution in [0.4, 0.5) is 28.8 Å². The summed E-state index contributed by atoms with van der Waals surface area (Å²) in [5.74, 6) is 0.772. The van der Waals surface area contributed by atoms with Crippen LogP contribution in [-0.4, -0.2) is 55.0 Å². The Morgan fingerprint density at radius 3 is 2.87 bits per heavy atom. The second-order valence-corrected chi connectivity index (χ2v) is 10.1. The van der Waals surface area contributed by atoms with E-state index in [1.54, 1.807) is 23.4 Å². The van der Waals surface area contributed by atoms with Crippen LogP contribution in [0.25, 0.3) is 0 Å². The zero-order valence-corrected chi connectivity index (χ0v) is 21.7. The number of anilines is 5. The number of hydrogen-bond acceptors (Lipinski definition) is 8. The van der Waals surface area contributed by atoms with Crippen molar-refractivity contribution in [3.63, 3.8) is 0 Å². The maximum atomic E-state index is 13.1. The van der Waals surface area contributed by atoms with Crippen molar-refractivity contribution in [2.24, 2.45) is 5.92 Å². The molecule has 1 atom stereocenters. The molecule has 6 bridgehead atoms. The Labute approximate surface area is 229 Å². The molecule has 12 heteroatoms. The van der Waals surface area contributed by atoms with E-state index in [1.807, 2.05) is 30.5 Å². The van der Waals surface area contributed by atoms with Gasteiger partial charge in [0.05, 0.1) is 18.1 Å². The number of fused-ring (bicyclic) bond motifs is 6. The number of H-pyrrole nitrogens is 1. The fourth-order valence-corrected chi connectivity index (χ4v) is 5.08. The average molecular weight is 544 g/mol. The van der Waals surface area contributed by atoms with Gasteiger partial charge in [-0.2, -0.15) is 10.1 Å². The van der Waals surface area contributed by atoms with Gasteiger partial charge in [0.2, 0.25) is 11.9 Å². The van der Waals surface area contributed by atoms with E-state index in [0.29, 0.717) is 48.4 Å². The minimum absolute atomic E-state index is 0.0784. The van der Waals surface area contributed by atoms with Gasteiger partial charge < -0.3 is 20.9 Å². The van der Waals surface area contributed by atoms with Gasteiger partial charge in [0.25, 0.3) is 5.91 Å². The molecular formula is C27H26ClN9O2. The number of pyridine rings is 1. The van der Waals surface area contributed by atoms with E-state index in [9.17, 15) is 9.59 Å². The van der Waals surface area contributed by atoms with Gasteiger partial charge in [0.1, 0.15) is 10.7 Å². The molecule has 4 aromatic rings. The summed E-state index contributed by atoms with van der Waals surface area (Å²) in [6.07, 6.45) is 9.23. The first-order valence-electron chi connectivity index (χ1n) is 12.7. The minimum Gasteiger partial charge on any atom is -0.339 e. The standard InChI is InChI=1S/C27H26ClN9O2/c28-21-14-30-27-33-20-9-16(12-29-13-20)1-2-18-11-19(32-25(21)35-27)3-4-22(18)34-24(38)10-17-6-8-37(15-17)26(39)23-5-7-31-36-23/h3-5,7,9,11-14,17H,1-2,6,8,10,15H2,(H,31,36)(H,34,38)(H2,30,32,33,35)/t17-/m0/s1. The molecular weight excluding hydrogens is 518 g/mol. The van der Waals surface area contributed by atoms with Gasteiger partial charge in [-0.15, -0.1) is 0 Å². The largest absolute Gasteiger partial charge is 0.339 e. The lowest BCUT2D eigenvalue weighted by Crippen LogP contribution is -2.29. The van der Waals surface area contributed by atoms with Crippen LogP contribution in [0, 0.1) is 5.92 Å². The van der Waals surface area contributed by atoms with Crippen molar-refractivity contribution in [3.8, 4) is 0 Å². The number of nitrogens with zero attached hydrogens (tertiary/aromatic N) is 5. The van der Waals surface area contributed by atoms with Crippen LogP contribution in [0.5, 0.6) is 0 Å². The van der Waals surface area contributed by atoms with Gasteiger partial charge in [-0.05, 0) is 66.6 Å². The number of aromatic nitrogens is 5. The van der Waals surface area contributed by atoms with Crippen molar-refractivity contribution in [1.29, 1.82) is 0 Å². The zero-order valence-electron chi connectivity index (χ0n) is 20.9. The van der Waals surface area contributed by atoms with Crippen LogP contribution in [-0.2, 0) is 17.6 Å². The molecule has 4 N–H and O–H groups in total. The number of amides is 2. The molecule has 39 heavy (non-hydrogen) atoms. The third-order valence-electron chi connectivity index (χ3n) is 6.89. The van der Waals surface area contributed by atoms with Crippen LogP contribution in [0.1, 0.15) is 34.5 Å². The first kappa shape index (κ1) is 24.8. The molecule has 1 aromatic carbocycles.